The third-order valence-electron chi connectivity index (χ3n) is 3.16. The van der Waals surface area contributed by atoms with Gasteiger partial charge in [-0.05, 0) is 39.3 Å². The molecule has 0 amide bonds. The van der Waals surface area contributed by atoms with Crippen LogP contribution in [0.5, 0.6) is 0 Å². The molecule has 0 radical (unpaired) electrons. The Labute approximate surface area is 134 Å². The van der Waals surface area contributed by atoms with E-state index in [1.54, 1.807) is 12.1 Å². The SMILES string of the molecule is FC(I)C(F)C(F)C(F)c1ccc(-c2ccccc2)cc1. The standard InChI is InChI=1S/C16H13F4I/c17-13(14(18)15(19)16(20)21)12-8-6-11(7-9-12)10-4-2-1-3-5-10/h1-9,13-16H. The molecule has 0 saturated heterocycles. The number of hydrogen-bond acceptors (Lipinski definition) is 0. The van der Waals surface area contributed by atoms with E-state index < -0.39 is 22.7 Å². The number of benzene rings is 2. The first-order valence-electron chi connectivity index (χ1n) is 6.36. The summed E-state index contributed by atoms with van der Waals surface area (Å²) >= 11 is 1.10. The van der Waals surface area contributed by atoms with Crippen molar-refractivity contribution in [2.45, 2.75) is 22.7 Å². The summed E-state index contributed by atoms with van der Waals surface area (Å²) in [5.41, 5.74) is 1.79. The summed E-state index contributed by atoms with van der Waals surface area (Å²) in [6.45, 7) is 0. The van der Waals surface area contributed by atoms with Gasteiger partial charge in [0.25, 0.3) is 0 Å². The van der Waals surface area contributed by atoms with Gasteiger partial charge in [0.1, 0.15) is 0 Å². The van der Waals surface area contributed by atoms with Crippen LogP contribution in [-0.4, -0.2) is 16.5 Å². The van der Waals surface area contributed by atoms with E-state index in [4.69, 9.17) is 0 Å². The molecule has 0 aliphatic rings. The fraction of sp³-hybridized carbons (Fsp3) is 0.250. The lowest BCUT2D eigenvalue weighted by molar-refractivity contribution is 0.0620. The Morgan fingerprint density at radius 1 is 0.667 bits per heavy atom. The highest BCUT2D eigenvalue weighted by Crippen LogP contribution is 2.32. The third kappa shape index (κ3) is 3.96. The van der Waals surface area contributed by atoms with Gasteiger partial charge < -0.3 is 0 Å². The van der Waals surface area contributed by atoms with Crippen molar-refractivity contribution in [1.82, 2.24) is 0 Å². The topological polar surface area (TPSA) is 0 Å². The quantitative estimate of drug-likeness (QED) is 0.335. The van der Waals surface area contributed by atoms with Gasteiger partial charge >= 0.3 is 0 Å². The van der Waals surface area contributed by atoms with Crippen molar-refractivity contribution in [2.75, 3.05) is 0 Å². The summed E-state index contributed by atoms with van der Waals surface area (Å²) in [7, 11) is 0. The number of halogens is 5. The first-order valence-corrected chi connectivity index (χ1v) is 7.61. The molecule has 0 saturated carbocycles. The van der Waals surface area contributed by atoms with Gasteiger partial charge in [-0.2, -0.15) is 0 Å². The average Bonchev–Trinajstić information content (AvgIpc) is 2.53. The Morgan fingerprint density at radius 2 is 1.19 bits per heavy atom. The summed E-state index contributed by atoms with van der Waals surface area (Å²) in [6, 6.07) is 15.5. The van der Waals surface area contributed by atoms with E-state index in [-0.39, 0.29) is 5.56 Å². The van der Waals surface area contributed by atoms with E-state index in [0.717, 1.165) is 33.7 Å². The maximum atomic E-state index is 13.9. The Hall–Kier alpha value is -1.11. The molecule has 0 fully saturated rings. The van der Waals surface area contributed by atoms with Crippen LogP contribution in [0.4, 0.5) is 17.6 Å². The fourth-order valence-corrected chi connectivity index (χ4v) is 2.37. The highest BCUT2D eigenvalue weighted by atomic mass is 127. The van der Waals surface area contributed by atoms with Gasteiger partial charge in [-0.25, -0.2) is 17.6 Å². The summed E-state index contributed by atoms with van der Waals surface area (Å²) in [4.78, 5) is 0. The van der Waals surface area contributed by atoms with Gasteiger partial charge in [-0.15, -0.1) is 0 Å². The Kier molecular flexibility index (Phi) is 5.61. The minimum atomic E-state index is -2.51. The van der Waals surface area contributed by atoms with Gasteiger partial charge in [0.05, 0.1) is 0 Å². The molecular weight excluding hydrogens is 395 g/mol. The maximum absolute atomic E-state index is 13.9. The summed E-state index contributed by atoms with van der Waals surface area (Å²) in [5.74, 6) is 0. The molecule has 0 heterocycles. The first-order chi connectivity index (χ1) is 10.0. The number of alkyl halides is 5. The largest absolute Gasteiger partial charge is 0.240 e. The van der Waals surface area contributed by atoms with Crippen molar-refractivity contribution >= 4 is 22.6 Å². The Bertz CT molecular complexity index is 556. The van der Waals surface area contributed by atoms with Gasteiger partial charge in [0, 0.05) is 0 Å². The van der Waals surface area contributed by atoms with Crippen LogP contribution in [0.2, 0.25) is 0 Å². The Morgan fingerprint density at radius 3 is 1.71 bits per heavy atom. The van der Waals surface area contributed by atoms with Crippen molar-refractivity contribution in [3.05, 3.63) is 60.2 Å². The van der Waals surface area contributed by atoms with Crippen molar-refractivity contribution in [2.24, 2.45) is 0 Å². The van der Waals surface area contributed by atoms with Crippen LogP contribution in [-0.2, 0) is 0 Å². The molecule has 5 heteroatoms. The Balaban J connectivity index is 2.15. The number of rotatable bonds is 5. The van der Waals surface area contributed by atoms with Gasteiger partial charge in [-0.1, -0.05) is 54.6 Å². The van der Waals surface area contributed by atoms with Crippen LogP contribution in [0.15, 0.2) is 54.6 Å². The van der Waals surface area contributed by atoms with Gasteiger partial charge in [0.2, 0.25) is 0 Å². The lowest BCUT2D eigenvalue weighted by atomic mass is 9.99. The summed E-state index contributed by atoms with van der Waals surface area (Å²) in [6.07, 6.45) is -7.17. The summed E-state index contributed by atoms with van der Waals surface area (Å²) < 4.78 is 51.3. The van der Waals surface area contributed by atoms with E-state index in [1.165, 1.54) is 12.1 Å². The molecule has 0 N–H and O–H groups in total. The lowest BCUT2D eigenvalue weighted by Gasteiger charge is -2.18. The van der Waals surface area contributed by atoms with Crippen molar-refractivity contribution < 1.29 is 17.6 Å². The average molecular weight is 408 g/mol. The zero-order chi connectivity index (χ0) is 15.4. The van der Waals surface area contributed by atoms with Crippen LogP contribution in [0.3, 0.4) is 0 Å². The lowest BCUT2D eigenvalue weighted by Crippen LogP contribution is -2.28. The molecule has 0 aliphatic heterocycles. The predicted molar refractivity (Wildman–Crippen MR) is 84.4 cm³/mol. The fourth-order valence-electron chi connectivity index (χ4n) is 1.97. The van der Waals surface area contributed by atoms with E-state index >= 15 is 0 Å². The van der Waals surface area contributed by atoms with Crippen molar-refractivity contribution in [3.63, 3.8) is 0 Å². The molecule has 0 bridgehead atoms. The zero-order valence-corrected chi connectivity index (χ0v) is 13.1. The zero-order valence-electron chi connectivity index (χ0n) is 10.9. The second-order valence-corrected chi connectivity index (χ2v) is 5.80. The molecule has 112 valence electrons. The van der Waals surface area contributed by atoms with Gasteiger partial charge in [-0.3, -0.25) is 0 Å². The smallest absolute Gasteiger partial charge is 0.185 e. The number of hydrogen-bond donors (Lipinski definition) is 0. The predicted octanol–water partition coefficient (Wildman–Crippen LogP) is 5.77. The van der Waals surface area contributed by atoms with Crippen LogP contribution in [0, 0.1) is 0 Å². The monoisotopic (exact) mass is 408 g/mol. The second-order valence-electron chi connectivity index (χ2n) is 4.61. The van der Waals surface area contributed by atoms with Crippen LogP contribution < -0.4 is 0 Å². The van der Waals surface area contributed by atoms with E-state index in [0.29, 0.717) is 0 Å². The van der Waals surface area contributed by atoms with Crippen molar-refractivity contribution in [1.29, 1.82) is 0 Å². The molecular formula is C16H13F4I. The van der Waals surface area contributed by atoms with E-state index in [9.17, 15) is 17.6 Å². The van der Waals surface area contributed by atoms with Crippen molar-refractivity contribution in [3.8, 4) is 11.1 Å². The van der Waals surface area contributed by atoms with E-state index in [1.807, 2.05) is 30.3 Å². The minimum Gasteiger partial charge on any atom is -0.240 e. The molecule has 0 spiro atoms. The molecule has 0 aromatic heterocycles. The van der Waals surface area contributed by atoms with Crippen LogP contribution >= 0.6 is 22.6 Å². The molecule has 2 aromatic carbocycles. The molecule has 4 unspecified atom stereocenters. The summed E-state index contributed by atoms with van der Waals surface area (Å²) in [5, 5.41) is 0. The normalized spacial score (nSPS) is 17.0. The molecule has 2 aromatic rings. The maximum Gasteiger partial charge on any atom is 0.185 e. The van der Waals surface area contributed by atoms with E-state index in [2.05, 4.69) is 0 Å². The third-order valence-corrected chi connectivity index (χ3v) is 3.85. The molecule has 0 nitrogen and oxygen atoms in total. The highest BCUT2D eigenvalue weighted by Gasteiger charge is 2.35. The van der Waals surface area contributed by atoms with Gasteiger partial charge in [0.15, 0.2) is 22.7 Å². The second kappa shape index (κ2) is 7.24. The highest BCUT2D eigenvalue weighted by molar-refractivity contribution is 14.1. The minimum absolute atomic E-state index is 0.00174. The molecule has 2 rings (SSSR count). The van der Waals surface area contributed by atoms with Crippen LogP contribution in [0.1, 0.15) is 11.7 Å². The molecule has 21 heavy (non-hydrogen) atoms. The first kappa shape index (κ1) is 16.3. The molecule has 4 atom stereocenters. The van der Waals surface area contributed by atoms with Crippen LogP contribution in [0.25, 0.3) is 11.1 Å². The molecule has 0 aliphatic carbocycles.